The number of phenolic OH excluding ortho intramolecular Hbond substituents is 1. The lowest BCUT2D eigenvalue weighted by Gasteiger charge is -2.02. The molecule has 0 unspecified atom stereocenters. The van der Waals surface area contributed by atoms with E-state index < -0.39 is 0 Å². The molecule has 2 aromatic carbocycles. The molecule has 0 heterocycles. The van der Waals surface area contributed by atoms with Crippen molar-refractivity contribution in [1.29, 1.82) is 5.26 Å². The number of aromatic hydroxyl groups is 1. The second-order valence-electron chi connectivity index (χ2n) is 3.88. The van der Waals surface area contributed by atoms with Crippen molar-refractivity contribution in [2.24, 2.45) is 0 Å². The van der Waals surface area contributed by atoms with E-state index in [-0.39, 0.29) is 5.75 Å². The zero-order chi connectivity index (χ0) is 13.8. The maximum atomic E-state index is 9.24. The molecule has 1 N–H and O–H groups in total. The van der Waals surface area contributed by atoms with E-state index in [1.165, 1.54) is 12.1 Å². The molecular weight excluding hydrogens is 281 g/mol. The second-order valence-corrected chi connectivity index (χ2v) is 4.73. The summed E-state index contributed by atoms with van der Waals surface area (Å²) in [5.41, 5.74) is 1.89. The Morgan fingerprint density at radius 1 is 1.11 bits per heavy atom. The van der Waals surface area contributed by atoms with Crippen LogP contribution in [0.4, 0.5) is 0 Å². The molecule has 94 valence electrons. The van der Waals surface area contributed by atoms with Gasteiger partial charge in [0.1, 0.15) is 5.75 Å². The topological polar surface area (TPSA) is 44.0 Å². The molecule has 0 aromatic heterocycles. The number of phenols is 1. The SMILES string of the molecule is N#C/C(=C/c1ccc(Cl)cc1Cl)c1ccc(O)cc1. The van der Waals surface area contributed by atoms with Crippen LogP contribution < -0.4 is 0 Å². The summed E-state index contributed by atoms with van der Waals surface area (Å²) in [6.07, 6.45) is 1.69. The van der Waals surface area contributed by atoms with Crippen molar-refractivity contribution in [1.82, 2.24) is 0 Å². The zero-order valence-corrected chi connectivity index (χ0v) is 11.3. The van der Waals surface area contributed by atoms with Crippen LogP contribution in [0.1, 0.15) is 11.1 Å². The summed E-state index contributed by atoms with van der Waals surface area (Å²) in [5.74, 6) is 0.158. The fourth-order valence-electron chi connectivity index (χ4n) is 1.60. The van der Waals surface area contributed by atoms with Crippen LogP contribution in [0.15, 0.2) is 42.5 Å². The highest BCUT2D eigenvalue weighted by atomic mass is 35.5. The maximum absolute atomic E-state index is 9.24. The Morgan fingerprint density at radius 2 is 1.79 bits per heavy atom. The molecule has 0 bridgehead atoms. The molecule has 4 heteroatoms. The molecule has 2 nitrogen and oxygen atoms in total. The van der Waals surface area contributed by atoms with Crippen LogP contribution in [0, 0.1) is 11.3 Å². The molecule has 0 amide bonds. The molecule has 19 heavy (non-hydrogen) atoms. The van der Waals surface area contributed by atoms with E-state index in [1.54, 1.807) is 36.4 Å². The molecular formula is C15H9Cl2NO. The van der Waals surface area contributed by atoms with Gasteiger partial charge >= 0.3 is 0 Å². The van der Waals surface area contributed by atoms with Gasteiger partial charge in [-0.1, -0.05) is 29.3 Å². The van der Waals surface area contributed by atoms with Crippen LogP contribution in [0.25, 0.3) is 11.6 Å². The van der Waals surface area contributed by atoms with E-state index in [9.17, 15) is 10.4 Å². The molecule has 0 saturated heterocycles. The van der Waals surface area contributed by atoms with Gasteiger partial charge < -0.3 is 5.11 Å². The highest BCUT2D eigenvalue weighted by molar-refractivity contribution is 6.35. The summed E-state index contributed by atoms with van der Waals surface area (Å²) < 4.78 is 0. The quantitative estimate of drug-likeness (QED) is 0.640. The molecule has 0 aliphatic heterocycles. The number of halogens is 2. The van der Waals surface area contributed by atoms with Gasteiger partial charge in [-0.05, 0) is 53.6 Å². The van der Waals surface area contributed by atoms with Crippen LogP contribution in [0.3, 0.4) is 0 Å². The Morgan fingerprint density at radius 3 is 2.37 bits per heavy atom. The minimum absolute atomic E-state index is 0.158. The molecule has 0 radical (unpaired) electrons. The molecule has 2 aromatic rings. The van der Waals surface area contributed by atoms with Crippen molar-refractivity contribution in [3.8, 4) is 11.8 Å². The standard InChI is InChI=1S/C15H9Cl2NO/c16-13-4-1-11(15(17)8-13)7-12(9-18)10-2-5-14(19)6-3-10/h1-8,19H/b12-7-. The lowest BCUT2D eigenvalue weighted by Crippen LogP contribution is -1.82. The zero-order valence-electron chi connectivity index (χ0n) is 9.77. The monoisotopic (exact) mass is 289 g/mol. The fourth-order valence-corrected chi connectivity index (χ4v) is 2.06. The predicted octanol–water partition coefficient (Wildman–Crippen LogP) is 4.76. The summed E-state index contributed by atoms with van der Waals surface area (Å²) in [6, 6.07) is 13.6. The van der Waals surface area contributed by atoms with Crippen molar-refractivity contribution in [2.45, 2.75) is 0 Å². The van der Waals surface area contributed by atoms with Crippen LogP contribution in [0.2, 0.25) is 10.0 Å². The van der Waals surface area contributed by atoms with E-state index in [0.29, 0.717) is 21.2 Å². The highest BCUT2D eigenvalue weighted by Crippen LogP contribution is 2.26. The maximum Gasteiger partial charge on any atom is 0.115 e. The summed E-state index contributed by atoms with van der Waals surface area (Å²) in [4.78, 5) is 0. The minimum atomic E-state index is 0.158. The Hall–Kier alpha value is -1.95. The number of benzene rings is 2. The third-order valence-electron chi connectivity index (χ3n) is 2.56. The molecule has 0 fully saturated rings. The van der Waals surface area contributed by atoms with Gasteiger partial charge in [0, 0.05) is 10.0 Å². The first-order valence-electron chi connectivity index (χ1n) is 5.46. The number of nitriles is 1. The third-order valence-corrected chi connectivity index (χ3v) is 3.12. The van der Waals surface area contributed by atoms with Crippen molar-refractivity contribution in [3.05, 3.63) is 63.6 Å². The van der Waals surface area contributed by atoms with Gasteiger partial charge in [0.15, 0.2) is 0 Å². The van der Waals surface area contributed by atoms with Gasteiger partial charge in [-0.15, -0.1) is 0 Å². The largest absolute Gasteiger partial charge is 0.508 e. The van der Waals surface area contributed by atoms with Gasteiger partial charge in [0.2, 0.25) is 0 Å². The number of allylic oxidation sites excluding steroid dienone is 1. The summed E-state index contributed by atoms with van der Waals surface area (Å²) >= 11 is 11.9. The van der Waals surface area contributed by atoms with Crippen molar-refractivity contribution < 1.29 is 5.11 Å². The second kappa shape index (κ2) is 5.79. The predicted molar refractivity (Wildman–Crippen MR) is 78.1 cm³/mol. The van der Waals surface area contributed by atoms with Gasteiger partial charge in [0.25, 0.3) is 0 Å². The first-order valence-corrected chi connectivity index (χ1v) is 6.22. The lowest BCUT2D eigenvalue weighted by atomic mass is 10.0. The molecule has 0 atom stereocenters. The Kier molecular flexibility index (Phi) is 4.11. The normalized spacial score (nSPS) is 11.1. The van der Waals surface area contributed by atoms with Crippen LogP contribution in [0.5, 0.6) is 5.75 Å². The first-order chi connectivity index (χ1) is 9.10. The Bertz CT molecular complexity index is 670. The molecule has 0 aliphatic rings. The van der Waals surface area contributed by atoms with Gasteiger partial charge in [-0.25, -0.2) is 0 Å². The molecule has 0 saturated carbocycles. The van der Waals surface area contributed by atoms with Crippen molar-refractivity contribution in [2.75, 3.05) is 0 Å². The van der Waals surface area contributed by atoms with E-state index in [0.717, 1.165) is 5.56 Å². The van der Waals surface area contributed by atoms with Crippen molar-refractivity contribution >= 4 is 34.9 Å². The van der Waals surface area contributed by atoms with Crippen molar-refractivity contribution in [3.63, 3.8) is 0 Å². The molecule has 0 spiro atoms. The number of hydrogen-bond donors (Lipinski definition) is 1. The number of hydrogen-bond acceptors (Lipinski definition) is 2. The smallest absolute Gasteiger partial charge is 0.115 e. The van der Waals surface area contributed by atoms with Crippen LogP contribution in [-0.2, 0) is 0 Å². The van der Waals surface area contributed by atoms with Crippen LogP contribution >= 0.6 is 23.2 Å². The molecule has 0 aliphatic carbocycles. The number of rotatable bonds is 2. The average molecular weight is 290 g/mol. The van der Waals surface area contributed by atoms with E-state index in [1.807, 2.05) is 0 Å². The minimum Gasteiger partial charge on any atom is -0.508 e. The van der Waals surface area contributed by atoms with E-state index >= 15 is 0 Å². The Labute approximate surface area is 121 Å². The fraction of sp³-hybridized carbons (Fsp3) is 0. The highest BCUT2D eigenvalue weighted by Gasteiger charge is 2.04. The first kappa shape index (κ1) is 13.5. The van der Waals surface area contributed by atoms with Gasteiger partial charge in [-0.2, -0.15) is 5.26 Å². The van der Waals surface area contributed by atoms with Gasteiger partial charge in [0.05, 0.1) is 11.6 Å². The van der Waals surface area contributed by atoms with E-state index in [4.69, 9.17) is 23.2 Å². The van der Waals surface area contributed by atoms with Gasteiger partial charge in [-0.3, -0.25) is 0 Å². The third kappa shape index (κ3) is 3.29. The number of nitrogens with zero attached hydrogens (tertiary/aromatic N) is 1. The summed E-state index contributed by atoms with van der Waals surface area (Å²) in [6.45, 7) is 0. The summed E-state index contributed by atoms with van der Waals surface area (Å²) in [5, 5.41) is 19.5. The molecule has 2 rings (SSSR count). The lowest BCUT2D eigenvalue weighted by molar-refractivity contribution is 0.475. The Balaban J connectivity index is 2.44. The van der Waals surface area contributed by atoms with Crippen LogP contribution in [-0.4, -0.2) is 5.11 Å². The summed E-state index contributed by atoms with van der Waals surface area (Å²) in [7, 11) is 0. The van der Waals surface area contributed by atoms with E-state index in [2.05, 4.69) is 6.07 Å². The average Bonchev–Trinajstić information content (AvgIpc) is 2.39.